The van der Waals surface area contributed by atoms with Crippen LogP contribution in [0.3, 0.4) is 0 Å². The zero-order valence-corrected chi connectivity index (χ0v) is 20.9. The monoisotopic (exact) mass is 497 g/mol. The van der Waals surface area contributed by atoms with Gasteiger partial charge in [0, 0.05) is 23.7 Å². The van der Waals surface area contributed by atoms with Crippen LogP contribution in [0.1, 0.15) is 35.2 Å². The minimum Gasteiger partial charge on any atom is -0.325 e. The number of rotatable bonds is 5. The first-order chi connectivity index (χ1) is 17.9. The highest BCUT2D eigenvalue weighted by Gasteiger charge is 2.45. The Labute approximate surface area is 214 Å². The molecule has 3 aromatic carbocycles. The van der Waals surface area contributed by atoms with Crippen molar-refractivity contribution >= 4 is 23.4 Å². The lowest BCUT2D eigenvalue weighted by Crippen LogP contribution is -2.56. The maximum atomic E-state index is 14.0. The Kier molecular flexibility index (Phi) is 6.48. The normalized spacial score (nSPS) is 16.9. The minimum atomic E-state index is -0.921. The minimum absolute atomic E-state index is 0.263. The molecule has 0 spiro atoms. The van der Waals surface area contributed by atoms with Crippen molar-refractivity contribution in [2.75, 3.05) is 16.8 Å². The number of para-hydroxylation sites is 1. The van der Waals surface area contributed by atoms with Crippen molar-refractivity contribution < 1.29 is 14.0 Å². The van der Waals surface area contributed by atoms with Crippen LogP contribution in [0.2, 0.25) is 0 Å². The number of likely N-dealkylation sites (N-methyl/N-ethyl adjacent to an activating group) is 1. The molecule has 1 aliphatic rings. The lowest BCUT2D eigenvalue weighted by Gasteiger charge is -2.38. The van der Waals surface area contributed by atoms with E-state index in [9.17, 15) is 14.0 Å². The first-order valence-corrected chi connectivity index (χ1v) is 12.2. The molecule has 8 heteroatoms. The van der Waals surface area contributed by atoms with Gasteiger partial charge in [-0.05, 0) is 68.3 Å². The Morgan fingerprint density at radius 3 is 2.41 bits per heavy atom. The van der Waals surface area contributed by atoms with E-state index in [1.54, 1.807) is 27.8 Å². The van der Waals surface area contributed by atoms with Gasteiger partial charge in [0.25, 0.3) is 5.91 Å². The number of fused-ring (bicyclic) bond motifs is 1. The topological polar surface area (TPSA) is 79.3 Å². The number of aryl methyl sites for hydroxylation is 2. The van der Waals surface area contributed by atoms with E-state index in [0.29, 0.717) is 23.6 Å². The Hall–Kier alpha value is -4.46. The first-order valence-electron chi connectivity index (χ1n) is 12.2. The van der Waals surface area contributed by atoms with Gasteiger partial charge in [0.1, 0.15) is 17.7 Å². The first kappa shape index (κ1) is 24.2. The second kappa shape index (κ2) is 9.89. The van der Waals surface area contributed by atoms with E-state index >= 15 is 0 Å². The number of hydrogen-bond acceptors (Lipinski definition) is 3. The van der Waals surface area contributed by atoms with Crippen LogP contribution >= 0.6 is 0 Å². The van der Waals surface area contributed by atoms with Gasteiger partial charge in [0.15, 0.2) is 0 Å². The molecule has 0 fully saturated rings. The van der Waals surface area contributed by atoms with Crippen LogP contribution in [-0.2, 0) is 4.79 Å². The summed E-state index contributed by atoms with van der Waals surface area (Å²) in [5.41, 5.74) is 4.70. The number of aromatic nitrogens is 2. The Balaban J connectivity index is 1.62. The summed E-state index contributed by atoms with van der Waals surface area (Å²) in [6.07, 6.45) is 0. The number of anilines is 2. The number of hydrogen-bond donors (Lipinski definition) is 2. The van der Waals surface area contributed by atoms with Crippen LogP contribution in [0.4, 0.5) is 20.7 Å². The third-order valence-corrected chi connectivity index (χ3v) is 6.62. The van der Waals surface area contributed by atoms with Gasteiger partial charge >= 0.3 is 6.03 Å². The second-order valence-electron chi connectivity index (χ2n) is 9.13. The van der Waals surface area contributed by atoms with Gasteiger partial charge in [0.05, 0.1) is 11.4 Å². The molecule has 2 heterocycles. The predicted octanol–water partition coefficient (Wildman–Crippen LogP) is 5.32. The molecule has 2 atom stereocenters. The average molecular weight is 498 g/mol. The van der Waals surface area contributed by atoms with Crippen molar-refractivity contribution in [2.24, 2.45) is 0 Å². The summed E-state index contributed by atoms with van der Waals surface area (Å²) in [4.78, 5) is 28.7. The average Bonchev–Trinajstić information content (AvgIpc) is 3.22. The van der Waals surface area contributed by atoms with Gasteiger partial charge in [-0.25, -0.2) is 13.9 Å². The molecule has 188 valence electrons. The summed E-state index contributed by atoms with van der Waals surface area (Å²) in [6.45, 7) is 6.10. The molecular formula is C29H28FN5O2. The second-order valence-corrected chi connectivity index (χ2v) is 9.13. The fourth-order valence-electron chi connectivity index (χ4n) is 4.99. The third kappa shape index (κ3) is 4.58. The van der Waals surface area contributed by atoms with Gasteiger partial charge in [0.2, 0.25) is 0 Å². The van der Waals surface area contributed by atoms with Crippen LogP contribution in [0, 0.1) is 19.7 Å². The van der Waals surface area contributed by atoms with E-state index in [0.717, 1.165) is 22.5 Å². The van der Waals surface area contributed by atoms with Crippen LogP contribution in [0.5, 0.6) is 0 Å². The van der Waals surface area contributed by atoms with E-state index in [-0.39, 0.29) is 11.7 Å². The molecule has 0 saturated carbocycles. The number of carbonyl (C=O) groups excluding carboxylic acids is 2. The van der Waals surface area contributed by atoms with E-state index in [4.69, 9.17) is 5.10 Å². The summed E-state index contributed by atoms with van der Waals surface area (Å²) in [5, 5.41) is 10.5. The van der Waals surface area contributed by atoms with Crippen LogP contribution < -0.4 is 15.5 Å². The molecule has 1 aromatic heterocycles. The lowest BCUT2D eigenvalue weighted by molar-refractivity contribution is -0.121. The maximum absolute atomic E-state index is 14.0. The number of carbonyl (C=O) groups is 2. The molecule has 37 heavy (non-hydrogen) atoms. The van der Waals surface area contributed by atoms with Crippen molar-refractivity contribution in [3.05, 3.63) is 107 Å². The zero-order chi connectivity index (χ0) is 26.1. The van der Waals surface area contributed by atoms with Gasteiger partial charge in [-0.2, -0.15) is 5.10 Å². The number of nitrogens with zero attached hydrogens (tertiary/aromatic N) is 3. The quantitative estimate of drug-likeness (QED) is 0.392. The lowest BCUT2D eigenvalue weighted by atomic mass is 9.81. The fraction of sp³-hybridized carbons (Fsp3) is 0.207. The number of nitrogens with one attached hydrogen (secondary N) is 2. The molecule has 0 radical (unpaired) electrons. The Morgan fingerprint density at radius 1 is 1.00 bits per heavy atom. The van der Waals surface area contributed by atoms with E-state index in [2.05, 4.69) is 10.6 Å². The van der Waals surface area contributed by atoms with Crippen molar-refractivity contribution in [2.45, 2.75) is 32.7 Å². The molecule has 0 aliphatic carbocycles. The van der Waals surface area contributed by atoms with Gasteiger partial charge in [-0.15, -0.1) is 0 Å². The number of benzene rings is 3. The molecule has 0 saturated heterocycles. The number of halogens is 1. The summed E-state index contributed by atoms with van der Waals surface area (Å²) >= 11 is 0. The third-order valence-electron chi connectivity index (χ3n) is 6.62. The molecule has 1 aliphatic heterocycles. The van der Waals surface area contributed by atoms with Gasteiger partial charge in [-0.1, -0.05) is 42.5 Å². The van der Waals surface area contributed by atoms with Crippen molar-refractivity contribution in [1.82, 2.24) is 15.1 Å². The molecule has 3 amide bonds. The molecular weight excluding hydrogens is 469 g/mol. The molecule has 2 N–H and O–H groups in total. The SMILES string of the molecule is CCN1C(=O)[C@@H](NC(=O)Nc2cccc(C)c2)[C@@H](c2ccc(F)cc2)c2c(C)nn(-c3ccccc3)c21. The van der Waals surface area contributed by atoms with Gasteiger partial charge in [-0.3, -0.25) is 9.69 Å². The molecule has 7 nitrogen and oxygen atoms in total. The number of urea groups is 1. The predicted molar refractivity (Wildman–Crippen MR) is 142 cm³/mol. The summed E-state index contributed by atoms with van der Waals surface area (Å²) in [7, 11) is 0. The molecule has 0 unspecified atom stereocenters. The highest BCUT2D eigenvalue weighted by Crippen LogP contribution is 2.43. The van der Waals surface area contributed by atoms with E-state index < -0.39 is 18.0 Å². The van der Waals surface area contributed by atoms with Crippen molar-refractivity contribution in [3.63, 3.8) is 0 Å². The smallest absolute Gasteiger partial charge is 0.319 e. The highest BCUT2D eigenvalue weighted by molar-refractivity contribution is 6.04. The molecule has 0 bridgehead atoms. The Bertz CT molecular complexity index is 1450. The fourth-order valence-corrected chi connectivity index (χ4v) is 4.99. The number of amides is 3. The van der Waals surface area contributed by atoms with Crippen LogP contribution in [0.25, 0.3) is 5.69 Å². The van der Waals surface area contributed by atoms with Crippen LogP contribution in [-0.4, -0.2) is 34.3 Å². The standard InChI is InChI=1S/C29H28FN5O2/c1-4-34-27-24(19(3)33-35(27)23-11-6-5-7-12-23)25(20-13-15-21(30)16-14-20)26(28(34)36)32-29(37)31-22-10-8-9-18(2)17-22/h5-17,25-26H,4H2,1-3H3,(H2,31,32,37)/t25-,26-/m0/s1. The molecule has 4 aromatic rings. The summed E-state index contributed by atoms with van der Waals surface area (Å²) in [6, 6.07) is 21.7. The van der Waals surface area contributed by atoms with Crippen molar-refractivity contribution in [1.29, 1.82) is 0 Å². The largest absolute Gasteiger partial charge is 0.325 e. The van der Waals surface area contributed by atoms with Crippen LogP contribution in [0.15, 0.2) is 78.9 Å². The van der Waals surface area contributed by atoms with E-state index in [1.165, 1.54) is 12.1 Å². The zero-order valence-electron chi connectivity index (χ0n) is 20.9. The van der Waals surface area contributed by atoms with E-state index in [1.807, 2.05) is 69.3 Å². The van der Waals surface area contributed by atoms with Crippen molar-refractivity contribution in [3.8, 4) is 5.69 Å². The highest BCUT2D eigenvalue weighted by atomic mass is 19.1. The Morgan fingerprint density at radius 2 is 1.73 bits per heavy atom. The summed E-state index contributed by atoms with van der Waals surface area (Å²) < 4.78 is 15.6. The van der Waals surface area contributed by atoms with Gasteiger partial charge < -0.3 is 10.6 Å². The molecule has 5 rings (SSSR count). The maximum Gasteiger partial charge on any atom is 0.319 e. The summed E-state index contributed by atoms with van der Waals surface area (Å²) in [5.74, 6) is -0.546.